The summed E-state index contributed by atoms with van der Waals surface area (Å²) in [6, 6.07) is 11.4. The second-order valence-electron chi connectivity index (χ2n) is 7.38. The van der Waals surface area contributed by atoms with Crippen molar-refractivity contribution in [2.24, 2.45) is 0 Å². The number of benzene rings is 2. The van der Waals surface area contributed by atoms with Crippen LogP contribution in [0.4, 0.5) is 10.1 Å². The predicted molar refractivity (Wildman–Crippen MR) is 123 cm³/mol. The lowest BCUT2D eigenvalue weighted by Crippen LogP contribution is -2.29. The standard InChI is InChI=1S/C23H25FN4O3.ClH/c1-30-18-6-7-21(31-2)20(13-18)27-23(29)19-14-26-28(17-5-3-4-16(24)12-17)22(19)15-8-10-25-11-9-15;/h3-7,12-15,25H,8-11H2,1-2H3,(H,27,29);1H. The number of amides is 1. The average molecular weight is 461 g/mol. The lowest BCUT2D eigenvalue weighted by atomic mass is 9.91. The van der Waals surface area contributed by atoms with Gasteiger partial charge >= 0.3 is 0 Å². The predicted octanol–water partition coefficient (Wildman–Crippen LogP) is 4.17. The Morgan fingerprint density at radius 3 is 2.62 bits per heavy atom. The number of aromatic nitrogens is 2. The highest BCUT2D eigenvalue weighted by atomic mass is 35.5. The monoisotopic (exact) mass is 460 g/mol. The van der Waals surface area contributed by atoms with E-state index in [2.05, 4.69) is 15.7 Å². The minimum atomic E-state index is -0.351. The topological polar surface area (TPSA) is 77.4 Å². The summed E-state index contributed by atoms with van der Waals surface area (Å²) in [5.41, 5.74) is 2.33. The summed E-state index contributed by atoms with van der Waals surface area (Å²) in [6.07, 6.45) is 3.28. The number of nitrogens with one attached hydrogen (secondary N) is 2. The number of methoxy groups -OCH3 is 2. The summed E-state index contributed by atoms with van der Waals surface area (Å²) in [4.78, 5) is 13.3. The Hall–Kier alpha value is -3.10. The summed E-state index contributed by atoms with van der Waals surface area (Å²) in [6.45, 7) is 1.70. The second kappa shape index (κ2) is 10.5. The third-order valence-electron chi connectivity index (χ3n) is 5.48. The Kier molecular flexibility index (Phi) is 7.71. The Morgan fingerprint density at radius 2 is 1.94 bits per heavy atom. The Morgan fingerprint density at radius 1 is 1.16 bits per heavy atom. The Labute approximate surface area is 192 Å². The highest BCUT2D eigenvalue weighted by molar-refractivity contribution is 6.06. The van der Waals surface area contributed by atoms with Gasteiger partial charge in [0.1, 0.15) is 17.3 Å². The summed E-state index contributed by atoms with van der Waals surface area (Å²) in [5, 5.41) is 10.7. The van der Waals surface area contributed by atoms with Crippen molar-refractivity contribution in [3.8, 4) is 17.2 Å². The Balaban J connectivity index is 0.00000289. The molecule has 0 bridgehead atoms. The summed E-state index contributed by atoms with van der Waals surface area (Å²) >= 11 is 0. The van der Waals surface area contributed by atoms with Gasteiger partial charge in [-0.25, -0.2) is 9.07 Å². The fourth-order valence-electron chi connectivity index (χ4n) is 3.94. The molecule has 0 saturated carbocycles. The van der Waals surface area contributed by atoms with Gasteiger partial charge in [-0.05, 0) is 56.3 Å². The number of carbonyl (C=O) groups excluding carboxylic acids is 1. The maximum Gasteiger partial charge on any atom is 0.259 e. The molecule has 2 aromatic carbocycles. The molecular weight excluding hydrogens is 435 g/mol. The smallest absolute Gasteiger partial charge is 0.259 e. The van der Waals surface area contributed by atoms with E-state index < -0.39 is 0 Å². The van der Waals surface area contributed by atoms with Crippen LogP contribution < -0.4 is 20.1 Å². The van der Waals surface area contributed by atoms with Crippen LogP contribution in [0.1, 0.15) is 34.8 Å². The van der Waals surface area contributed by atoms with Crippen LogP contribution in [0.5, 0.6) is 11.5 Å². The number of nitrogens with zero attached hydrogens (tertiary/aromatic N) is 2. The van der Waals surface area contributed by atoms with E-state index in [1.165, 1.54) is 12.1 Å². The van der Waals surface area contributed by atoms with Gasteiger partial charge in [-0.3, -0.25) is 4.79 Å². The van der Waals surface area contributed by atoms with Crippen LogP contribution in [0.15, 0.2) is 48.7 Å². The zero-order valence-electron chi connectivity index (χ0n) is 17.9. The van der Waals surface area contributed by atoms with Gasteiger partial charge in [-0.1, -0.05) is 6.07 Å². The number of piperidine rings is 1. The van der Waals surface area contributed by atoms with E-state index >= 15 is 0 Å². The third kappa shape index (κ3) is 4.87. The number of carbonyl (C=O) groups is 1. The van der Waals surface area contributed by atoms with Crippen LogP contribution in [-0.2, 0) is 0 Å². The van der Waals surface area contributed by atoms with Crippen molar-refractivity contribution in [2.75, 3.05) is 32.6 Å². The molecule has 1 saturated heterocycles. The third-order valence-corrected chi connectivity index (χ3v) is 5.48. The molecule has 0 aliphatic carbocycles. The molecule has 1 aromatic heterocycles. The molecule has 32 heavy (non-hydrogen) atoms. The summed E-state index contributed by atoms with van der Waals surface area (Å²) in [7, 11) is 3.10. The molecule has 9 heteroatoms. The number of hydrogen-bond acceptors (Lipinski definition) is 5. The van der Waals surface area contributed by atoms with Crippen LogP contribution in [0, 0.1) is 5.82 Å². The first-order valence-corrected chi connectivity index (χ1v) is 10.2. The number of anilines is 1. The van der Waals surface area contributed by atoms with Crippen molar-refractivity contribution >= 4 is 24.0 Å². The molecule has 7 nitrogen and oxygen atoms in total. The molecule has 0 atom stereocenters. The van der Waals surface area contributed by atoms with Gasteiger partial charge in [0, 0.05) is 12.0 Å². The Bertz CT molecular complexity index is 1080. The fraction of sp³-hybridized carbons (Fsp3) is 0.304. The van der Waals surface area contributed by atoms with Crippen molar-refractivity contribution in [1.29, 1.82) is 0 Å². The fourth-order valence-corrected chi connectivity index (χ4v) is 3.94. The van der Waals surface area contributed by atoms with Gasteiger partial charge in [0.05, 0.1) is 43.0 Å². The molecule has 1 aliphatic heterocycles. The normalized spacial score (nSPS) is 13.8. The van der Waals surface area contributed by atoms with E-state index in [-0.39, 0.29) is 30.0 Å². The molecule has 1 amide bonds. The lowest BCUT2D eigenvalue weighted by molar-refractivity contribution is 0.102. The molecule has 3 aromatic rings. The molecule has 0 radical (unpaired) electrons. The van der Waals surface area contributed by atoms with Crippen molar-refractivity contribution in [3.63, 3.8) is 0 Å². The number of halogens is 2. The number of ether oxygens (including phenoxy) is 2. The van der Waals surface area contributed by atoms with Gasteiger partial charge in [0.2, 0.25) is 0 Å². The second-order valence-corrected chi connectivity index (χ2v) is 7.38. The molecule has 1 aliphatic rings. The quantitative estimate of drug-likeness (QED) is 0.577. The van der Waals surface area contributed by atoms with E-state index in [1.54, 1.807) is 55.4 Å². The number of hydrogen-bond donors (Lipinski definition) is 2. The maximum atomic E-state index is 13.9. The van der Waals surface area contributed by atoms with E-state index in [9.17, 15) is 9.18 Å². The first kappa shape index (κ1) is 23.6. The van der Waals surface area contributed by atoms with Gasteiger partial charge in [-0.2, -0.15) is 5.10 Å². The van der Waals surface area contributed by atoms with Gasteiger partial charge in [-0.15, -0.1) is 12.4 Å². The van der Waals surface area contributed by atoms with Crippen LogP contribution >= 0.6 is 12.4 Å². The molecule has 0 unspecified atom stereocenters. The van der Waals surface area contributed by atoms with Crippen molar-refractivity contribution < 1.29 is 18.7 Å². The minimum absolute atomic E-state index is 0. The molecule has 1 fully saturated rings. The van der Waals surface area contributed by atoms with E-state index in [1.807, 2.05) is 0 Å². The SMILES string of the molecule is COc1ccc(OC)c(NC(=O)c2cnn(-c3cccc(F)c3)c2C2CCNCC2)c1.Cl. The first-order chi connectivity index (χ1) is 15.1. The molecule has 2 N–H and O–H groups in total. The highest BCUT2D eigenvalue weighted by Crippen LogP contribution is 2.33. The van der Waals surface area contributed by atoms with Crippen LogP contribution in [0.3, 0.4) is 0 Å². The minimum Gasteiger partial charge on any atom is -0.497 e. The van der Waals surface area contributed by atoms with Gasteiger partial charge in [0.25, 0.3) is 5.91 Å². The average Bonchev–Trinajstić information content (AvgIpc) is 3.25. The molecule has 170 valence electrons. The van der Waals surface area contributed by atoms with Crippen molar-refractivity contribution in [3.05, 3.63) is 65.7 Å². The van der Waals surface area contributed by atoms with E-state index in [0.29, 0.717) is 28.4 Å². The van der Waals surface area contributed by atoms with E-state index in [0.717, 1.165) is 31.6 Å². The zero-order valence-corrected chi connectivity index (χ0v) is 18.7. The summed E-state index contributed by atoms with van der Waals surface area (Å²) in [5.74, 6) is 0.597. The van der Waals surface area contributed by atoms with Gasteiger partial charge in [0.15, 0.2) is 0 Å². The molecule has 2 heterocycles. The summed E-state index contributed by atoms with van der Waals surface area (Å²) < 4.78 is 26.2. The van der Waals surface area contributed by atoms with Crippen molar-refractivity contribution in [1.82, 2.24) is 15.1 Å². The van der Waals surface area contributed by atoms with Crippen LogP contribution in [0.2, 0.25) is 0 Å². The zero-order chi connectivity index (χ0) is 21.8. The maximum absolute atomic E-state index is 13.9. The van der Waals surface area contributed by atoms with Crippen molar-refractivity contribution in [2.45, 2.75) is 18.8 Å². The number of rotatable bonds is 6. The van der Waals surface area contributed by atoms with Crippen LogP contribution in [0.25, 0.3) is 5.69 Å². The molecule has 4 rings (SSSR count). The van der Waals surface area contributed by atoms with E-state index in [4.69, 9.17) is 9.47 Å². The van der Waals surface area contributed by atoms with Crippen LogP contribution in [-0.4, -0.2) is 43.0 Å². The lowest BCUT2D eigenvalue weighted by Gasteiger charge is -2.24. The molecular formula is C23H26ClFN4O3. The van der Waals surface area contributed by atoms with Gasteiger partial charge < -0.3 is 20.1 Å². The highest BCUT2D eigenvalue weighted by Gasteiger charge is 2.27. The first-order valence-electron chi connectivity index (χ1n) is 10.2. The molecule has 0 spiro atoms. The largest absolute Gasteiger partial charge is 0.497 e.